The molecular formula is C30H32FN5O. The van der Waals surface area contributed by atoms with Gasteiger partial charge in [0, 0.05) is 37.6 Å². The molecule has 0 saturated carbocycles. The molecule has 6 nitrogen and oxygen atoms in total. The average molecular weight is 498 g/mol. The highest BCUT2D eigenvalue weighted by atomic mass is 19.1. The number of carbonyl (C=O) groups excluding carboxylic acids is 1. The average Bonchev–Trinajstić information content (AvgIpc) is 3.41. The van der Waals surface area contributed by atoms with Crippen LogP contribution in [-0.4, -0.2) is 56.7 Å². The Morgan fingerprint density at radius 1 is 1.00 bits per heavy atom. The van der Waals surface area contributed by atoms with Gasteiger partial charge in [0.05, 0.1) is 11.9 Å². The minimum atomic E-state index is -0.253. The van der Waals surface area contributed by atoms with Crippen LogP contribution in [0.1, 0.15) is 34.5 Å². The lowest BCUT2D eigenvalue weighted by molar-refractivity contribution is 0.0579. The molecule has 0 spiro atoms. The Hall–Kier alpha value is -3.84. The van der Waals surface area contributed by atoms with Crippen molar-refractivity contribution in [2.45, 2.75) is 31.8 Å². The van der Waals surface area contributed by atoms with E-state index >= 15 is 0 Å². The standard InChI is InChI=1S/C30H32FN5O/c1-34(30(37)28-9-5-6-16-32-28)29(19-23-7-3-2-4-8-23)25-14-17-35(18-15-25)21-24-20-33-36(22-24)27-12-10-26(31)11-13-27/h2-13,16,20,22,25,29H,14-15,17-19,21H2,1H3. The number of carbonyl (C=O) groups is 1. The second kappa shape index (κ2) is 11.5. The highest BCUT2D eigenvalue weighted by Crippen LogP contribution is 2.28. The smallest absolute Gasteiger partial charge is 0.272 e. The number of amides is 1. The van der Waals surface area contributed by atoms with Crippen molar-refractivity contribution in [1.29, 1.82) is 0 Å². The normalized spacial score (nSPS) is 15.4. The first-order chi connectivity index (χ1) is 18.1. The number of halogens is 1. The number of hydrogen-bond acceptors (Lipinski definition) is 4. The van der Waals surface area contributed by atoms with Crippen LogP contribution < -0.4 is 0 Å². The zero-order chi connectivity index (χ0) is 25.6. The van der Waals surface area contributed by atoms with E-state index in [4.69, 9.17) is 0 Å². The Balaban J connectivity index is 1.24. The van der Waals surface area contributed by atoms with Crippen LogP contribution in [0.3, 0.4) is 0 Å². The molecule has 4 aromatic rings. The number of pyridine rings is 1. The number of aromatic nitrogens is 3. The van der Waals surface area contributed by atoms with E-state index in [1.54, 1.807) is 29.1 Å². The molecule has 1 aliphatic heterocycles. The van der Waals surface area contributed by atoms with Gasteiger partial charge >= 0.3 is 0 Å². The monoisotopic (exact) mass is 497 g/mol. The molecule has 1 aliphatic rings. The van der Waals surface area contributed by atoms with E-state index in [0.717, 1.165) is 50.1 Å². The van der Waals surface area contributed by atoms with Crippen molar-refractivity contribution in [3.05, 3.63) is 114 Å². The van der Waals surface area contributed by atoms with Crippen molar-refractivity contribution in [3.8, 4) is 5.69 Å². The van der Waals surface area contributed by atoms with Gasteiger partial charge in [-0.15, -0.1) is 0 Å². The lowest BCUT2D eigenvalue weighted by Gasteiger charge is -2.40. The van der Waals surface area contributed by atoms with Crippen LogP contribution in [0.25, 0.3) is 5.69 Å². The molecule has 0 N–H and O–H groups in total. The Morgan fingerprint density at radius 2 is 1.73 bits per heavy atom. The van der Waals surface area contributed by atoms with E-state index < -0.39 is 0 Å². The van der Waals surface area contributed by atoms with Gasteiger partial charge in [-0.3, -0.25) is 14.7 Å². The number of likely N-dealkylation sites (N-methyl/N-ethyl adjacent to an activating group) is 1. The van der Waals surface area contributed by atoms with Gasteiger partial charge in [-0.2, -0.15) is 5.10 Å². The third-order valence-corrected chi connectivity index (χ3v) is 7.30. The summed E-state index contributed by atoms with van der Waals surface area (Å²) in [6.45, 7) is 2.74. The van der Waals surface area contributed by atoms with Crippen LogP contribution in [0.2, 0.25) is 0 Å². The van der Waals surface area contributed by atoms with Crippen LogP contribution in [-0.2, 0) is 13.0 Å². The van der Waals surface area contributed by atoms with Crippen molar-refractivity contribution < 1.29 is 9.18 Å². The number of rotatable bonds is 8. The molecule has 1 fully saturated rings. The molecule has 1 saturated heterocycles. The summed E-state index contributed by atoms with van der Waals surface area (Å²) in [5, 5.41) is 4.46. The van der Waals surface area contributed by atoms with Gasteiger partial charge in [-0.25, -0.2) is 9.07 Å². The predicted molar refractivity (Wildman–Crippen MR) is 142 cm³/mol. The number of piperidine rings is 1. The van der Waals surface area contributed by atoms with E-state index in [1.165, 1.54) is 17.7 Å². The summed E-state index contributed by atoms with van der Waals surface area (Å²) < 4.78 is 15.0. The molecule has 0 radical (unpaired) electrons. The molecule has 7 heteroatoms. The molecule has 0 aliphatic carbocycles. The minimum absolute atomic E-state index is 0.0304. The first-order valence-corrected chi connectivity index (χ1v) is 12.8. The summed E-state index contributed by atoms with van der Waals surface area (Å²) in [6, 6.07) is 22.3. The first kappa shape index (κ1) is 24.8. The van der Waals surface area contributed by atoms with Crippen LogP contribution in [0, 0.1) is 11.7 Å². The van der Waals surface area contributed by atoms with Crippen LogP contribution >= 0.6 is 0 Å². The van der Waals surface area contributed by atoms with Crippen LogP contribution in [0.4, 0.5) is 4.39 Å². The number of likely N-dealkylation sites (tertiary alicyclic amines) is 1. The molecule has 2 aromatic heterocycles. The fourth-order valence-corrected chi connectivity index (χ4v) is 5.23. The van der Waals surface area contributed by atoms with E-state index in [0.29, 0.717) is 11.6 Å². The SMILES string of the molecule is CN(C(=O)c1ccccn1)C(Cc1ccccc1)C1CCN(Cc2cnn(-c3ccc(F)cc3)c2)CC1. The maximum Gasteiger partial charge on any atom is 0.272 e. The molecule has 3 heterocycles. The zero-order valence-corrected chi connectivity index (χ0v) is 21.1. The zero-order valence-electron chi connectivity index (χ0n) is 21.1. The fraction of sp³-hybridized carbons (Fsp3) is 0.300. The Labute approximate surface area is 217 Å². The van der Waals surface area contributed by atoms with E-state index in [-0.39, 0.29) is 17.8 Å². The highest BCUT2D eigenvalue weighted by Gasteiger charge is 2.32. The Morgan fingerprint density at radius 3 is 2.43 bits per heavy atom. The summed E-state index contributed by atoms with van der Waals surface area (Å²) in [5.41, 5.74) is 3.70. The Kier molecular flexibility index (Phi) is 7.70. The molecule has 5 rings (SSSR count). The maximum absolute atomic E-state index is 13.3. The second-order valence-electron chi connectivity index (χ2n) is 9.77. The predicted octanol–water partition coefficient (Wildman–Crippen LogP) is 5.00. The van der Waals surface area contributed by atoms with Gasteiger partial charge in [-0.1, -0.05) is 36.4 Å². The summed E-state index contributed by atoms with van der Waals surface area (Å²) in [5.74, 6) is 0.116. The summed E-state index contributed by atoms with van der Waals surface area (Å²) in [4.78, 5) is 21.9. The molecule has 1 atom stereocenters. The summed E-state index contributed by atoms with van der Waals surface area (Å²) in [7, 11) is 1.92. The molecule has 1 unspecified atom stereocenters. The van der Waals surface area contributed by atoms with Gasteiger partial charge < -0.3 is 4.90 Å². The Bertz CT molecular complexity index is 1280. The third kappa shape index (κ3) is 6.12. The summed E-state index contributed by atoms with van der Waals surface area (Å²) in [6.07, 6.45) is 8.42. The van der Waals surface area contributed by atoms with E-state index in [1.807, 2.05) is 42.5 Å². The van der Waals surface area contributed by atoms with Crippen molar-refractivity contribution in [2.24, 2.45) is 5.92 Å². The lowest BCUT2D eigenvalue weighted by atomic mass is 9.84. The topological polar surface area (TPSA) is 54.3 Å². The quantitative estimate of drug-likeness (QED) is 0.344. The van der Waals surface area contributed by atoms with Gasteiger partial charge in [0.1, 0.15) is 11.5 Å². The second-order valence-corrected chi connectivity index (χ2v) is 9.77. The largest absolute Gasteiger partial charge is 0.337 e. The number of nitrogens with zero attached hydrogens (tertiary/aromatic N) is 5. The van der Waals surface area contributed by atoms with Gasteiger partial charge in [0.15, 0.2) is 0 Å². The number of hydrogen-bond donors (Lipinski definition) is 0. The molecule has 37 heavy (non-hydrogen) atoms. The maximum atomic E-state index is 13.3. The lowest BCUT2D eigenvalue weighted by Crippen LogP contribution is -2.47. The molecule has 1 amide bonds. The number of benzene rings is 2. The summed E-state index contributed by atoms with van der Waals surface area (Å²) >= 11 is 0. The van der Waals surface area contributed by atoms with Gasteiger partial charge in [0.2, 0.25) is 0 Å². The molecule has 2 aromatic carbocycles. The van der Waals surface area contributed by atoms with Crippen LogP contribution in [0.5, 0.6) is 0 Å². The van der Waals surface area contributed by atoms with Crippen molar-refractivity contribution in [1.82, 2.24) is 24.6 Å². The fourth-order valence-electron chi connectivity index (χ4n) is 5.23. The van der Waals surface area contributed by atoms with Crippen molar-refractivity contribution in [3.63, 3.8) is 0 Å². The molecule has 0 bridgehead atoms. The third-order valence-electron chi connectivity index (χ3n) is 7.30. The van der Waals surface area contributed by atoms with Gasteiger partial charge in [-0.05, 0) is 80.2 Å². The van der Waals surface area contributed by atoms with Gasteiger partial charge in [0.25, 0.3) is 5.91 Å². The van der Waals surface area contributed by atoms with Crippen molar-refractivity contribution in [2.75, 3.05) is 20.1 Å². The minimum Gasteiger partial charge on any atom is -0.337 e. The van der Waals surface area contributed by atoms with E-state index in [9.17, 15) is 9.18 Å². The highest BCUT2D eigenvalue weighted by molar-refractivity contribution is 5.92. The van der Waals surface area contributed by atoms with Crippen LogP contribution in [0.15, 0.2) is 91.4 Å². The molecular weight excluding hydrogens is 465 g/mol. The van der Waals surface area contributed by atoms with Crippen molar-refractivity contribution >= 4 is 5.91 Å². The molecule has 190 valence electrons. The first-order valence-electron chi connectivity index (χ1n) is 12.8. The van der Waals surface area contributed by atoms with E-state index in [2.05, 4.69) is 39.2 Å².